The molecule has 2 amide bonds. The zero-order chi connectivity index (χ0) is 24.9. The summed E-state index contributed by atoms with van der Waals surface area (Å²) in [5, 5.41) is 5.55. The number of allylic oxidation sites excluding steroid dienone is 1. The zero-order valence-electron chi connectivity index (χ0n) is 19.6. The number of amides is 2. The quantitative estimate of drug-likeness (QED) is 0.333. The van der Waals surface area contributed by atoms with Crippen molar-refractivity contribution in [3.63, 3.8) is 0 Å². The van der Waals surface area contributed by atoms with Crippen LogP contribution in [0.15, 0.2) is 91.0 Å². The molecule has 0 aliphatic rings. The lowest BCUT2D eigenvalue weighted by atomic mass is 10.2. The monoisotopic (exact) mass is 476 g/mol. The van der Waals surface area contributed by atoms with Gasteiger partial charge in [-0.05, 0) is 60.5 Å². The van der Waals surface area contributed by atoms with E-state index in [-0.39, 0.29) is 24.8 Å². The van der Waals surface area contributed by atoms with Gasteiger partial charge in [-0.1, -0.05) is 49.4 Å². The van der Waals surface area contributed by atoms with Crippen LogP contribution in [0, 0.1) is 5.82 Å². The number of anilines is 1. The van der Waals surface area contributed by atoms with Crippen molar-refractivity contribution in [2.24, 2.45) is 0 Å². The van der Waals surface area contributed by atoms with Gasteiger partial charge in [0.1, 0.15) is 23.4 Å². The molecule has 3 aromatic carbocycles. The minimum Gasteiger partial charge on any atom is -0.457 e. The molecule has 0 aliphatic carbocycles. The molecule has 0 saturated heterocycles. The maximum absolute atomic E-state index is 13.1. The van der Waals surface area contributed by atoms with Crippen LogP contribution in [0.5, 0.6) is 11.5 Å². The minimum absolute atomic E-state index is 0.0235. The third-order valence-corrected chi connectivity index (χ3v) is 4.92. The molecular formula is C28H29FN2O4. The molecule has 0 bridgehead atoms. The second-order valence-electron chi connectivity index (χ2n) is 7.77. The number of hydrogen-bond acceptors (Lipinski definition) is 4. The van der Waals surface area contributed by atoms with Gasteiger partial charge in [-0.2, -0.15) is 0 Å². The van der Waals surface area contributed by atoms with E-state index >= 15 is 0 Å². The van der Waals surface area contributed by atoms with E-state index in [0.29, 0.717) is 23.8 Å². The Morgan fingerprint density at radius 1 is 0.914 bits per heavy atom. The molecule has 0 radical (unpaired) electrons. The molecule has 0 heterocycles. The zero-order valence-corrected chi connectivity index (χ0v) is 19.6. The minimum atomic E-state index is -0.864. The molecule has 0 aliphatic heterocycles. The van der Waals surface area contributed by atoms with E-state index in [1.165, 1.54) is 24.3 Å². The first-order chi connectivity index (χ1) is 17.0. The lowest BCUT2D eigenvalue weighted by Gasteiger charge is -2.19. The fourth-order valence-electron chi connectivity index (χ4n) is 3.14. The lowest BCUT2D eigenvalue weighted by Crippen LogP contribution is -2.46. The lowest BCUT2D eigenvalue weighted by molar-refractivity contribution is -0.127. The van der Waals surface area contributed by atoms with Gasteiger partial charge in [0.15, 0.2) is 0 Å². The van der Waals surface area contributed by atoms with Crippen molar-refractivity contribution in [2.75, 3.05) is 11.9 Å². The summed E-state index contributed by atoms with van der Waals surface area (Å²) in [5.74, 6) is 0.0393. The van der Waals surface area contributed by atoms with Gasteiger partial charge in [-0.15, -0.1) is 0 Å². The summed E-state index contributed by atoms with van der Waals surface area (Å²) >= 11 is 0. The van der Waals surface area contributed by atoms with Gasteiger partial charge in [0.2, 0.25) is 11.8 Å². The van der Waals surface area contributed by atoms with Crippen molar-refractivity contribution in [3.05, 3.63) is 102 Å². The average Bonchev–Trinajstić information content (AvgIpc) is 2.87. The number of nitrogens with one attached hydrogen (secondary N) is 2. The van der Waals surface area contributed by atoms with Gasteiger partial charge in [-0.3, -0.25) is 9.59 Å². The van der Waals surface area contributed by atoms with Gasteiger partial charge in [0.05, 0.1) is 13.2 Å². The highest BCUT2D eigenvalue weighted by molar-refractivity contribution is 5.97. The number of halogens is 1. The van der Waals surface area contributed by atoms with Crippen molar-refractivity contribution in [2.45, 2.75) is 32.4 Å². The maximum atomic E-state index is 13.1. The SMILES string of the molecule is CC/C=C/CC(=O)NC(COCc1ccccc1)C(=O)Nc1ccc(Oc2ccc(F)cc2)cc1. The fourth-order valence-corrected chi connectivity index (χ4v) is 3.14. The summed E-state index contributed by atoms with van der Waals surface area (Å²) in [6, 6.07) is 21.2. The summed E-state index contributed by atoms with van der Waals surface area (Å²) in [6.07, 6.45) is 4.69. The summed E-state index contributed by atoms with van der Waals surface area (Å²) in [6.45, 7) is 2.33. The second-order valence-corrected chi connectivity index (χ2v) is 7.77. The van der Waals surface area contributed by atoms with Gasteiger partial charge in [0.25, 0.3) is 0 Å². The molecule has 2 N–H and O–H groups in total. The molecule has 35 heavy (non-hydrogen) atoms. The summed E-state index contributed by atoms with van der Waals surface area (Å²) in [4.78, 5) is 25.3. The molecular weight excluding hydrogens is 447 g/mol. The highest BCUT2D eigenvalue weighted by atomic mass is 19.1. The molecule has 3 aromatic rings. The van der Waals surface area contributed by atoms with E-state index in [4.69, 9.17) is 9.47 Å². The topological polar surface area (TPSA) is 76.7 Å². The predicted octanol–water partition coefficient (Wildman–Crippen LogP) is 5.61. The Morgan fingerprint density at radius 2 is 1.57 bits per heavy atom. The number of carbonyl (C=O) groups excluding carboxylic acids is 2. The third kappa shape index (κ3) is 9.06. The number of ether oxygens (including phenoxy) is 2. The summed E-state index contributed by atoms with van der Waals surface area (Å²) in [5.41, 5.74) is 1.51. The van der Waals surface area contributed by atoms with Crippen molar-refractivity contribution < 1.29 is 23.5 Å². The Bertz CT molecular complexity index is 1100. The molecule has 6 nitrogen and oxygen atoms in total. The third-order valence-electron chi connectivity index (χ3n) is 4.92. The summed E-state index contributed by atoms with van der Waals surface area (Å²) in [7, 11) is 0. The molecule has 0 aromatic heterocycles. The Kier molecular flexibility index (Phi) is 10.0. The molecule has 0 fully saturated rings. The van der Waals surface area contributed by atoms with E-state index in [2.05, 4.69) is 10.6 Å². The van der Waals surface area contributed by atoms with Crippen molar-refractivity contribution in [1.82, 2.24) is 5.32 Å². The van der Waals surface area contributed by atoms with Crippen LogP contribution in [0.25, 0.3) is 0 Å². The highest BCUT2D eigenvalue weighted by Crippen LogP contribution is 2.23. The van der Waals surface area contributed by atoms with Crippen LogP contribution in [-0.4, -0.2) is 24.5 Å². The van der Waals surface area contributed by atoms with Gasteiger partial charge < -0.3 is 20.1 Å². The van der Waals surface area contributed by atoms with Gasteiger partial charge in [-0.25, -0.2) is 4.39 Å². The number of benzene rings is 3. The van der Waals surface area contributed by atoms with Crippen molar-refractivity contribution >= 4 is 17.5 Å². The second kappa shape index (κ2) is 13.7. The van der Waals surface area contributed by atoms with E-state index in [1.807, 2.05) is 43.3 Å². The van der Waals surface area contributed by atoms with Crippen LogP contribution >= 0.6 is 0 Å². The van der Waals surface area contributed by atoms with Crippen LogP contribution in [0.2, 0.25) is 0 Å². The van der Waals surface area contributed by atoms with E-state index in [0.717, 1.165) is 12.0 Å². The molecule has 0 spiro atoms. The fraction of sp³-hybridized carbons (Fsp3) is 0.214. The molecule has 182 valence electrons. The van der Waals surface area contributed by atoms with E-state index in [9.17, 15) is 14.0 Å². The Labute approximate surface area is 204 Å². The average molecular weight is 477 g/mol. The molecule has 7 heteroatoms. The smallest absolute Gasteiger partial charge is 0.249 e. The Hall–Kier alpha value is -3.97. The van der Waals surface area contributed by atoms with Crippen molar-refractivity contribution in [1.29, 1.82) is 0 Å². The first kappa shape index (κ1) is 25.6. The molecule has 3 rings (SSSR count). The Balaban J connectivity index is 1.59. The van der Waals surface area contributed by atoms with Crippen molar-refractivity contribution in [3.8, 4) is 11.5 Å². The summed E-state index contributed by atoms with van der Waals surface area (Å²) < 4.78 is 24.4. The normalized spacial score (nSPS) is 11.7. The standard InChI is InChI=1S/C28H29FN2O4/c1-2-3-5-10-27(32)31-26(20-34-19-21-8-6-4-7-9-21)28(33)30-23-13-17-25(18-14-23)35-24-15-11-22(29)12-16-24/h3-9,11-18,26H,2,10,19-20H2,1H3,(H,30,33)(H,31,32)/b5-3+. The van der Waals surface area contributed by atoms with Crippen LogP contribution in [0.1, 0.15) is 25.3 Å². The number of carbonyl (C=O) groups is 2. The van der Waals surface area contributed by atoms with Gasteiger partial charge >= 0.3 is 0 Å². The predicted molar refractivity (Wildman–Crippen MR) is 134 cm³/mol. The first-order valence-corrected chi connectivity index (χ1v) is 11.4. The molecule has 1 atom stereocenters. The van der Waals surface area contributed by atoms with Crippen LogP contribution in [-0.2, 0) is 20.9 Å². The van der Waals surface area contributed by atoms with Gasteiger partial charge in [0, 0.05) is 12.1 Å². The van der Waals surface area contributed by atoms with E-state index < -0.39 is 11.9 Å². The van der Waals surface area contributed by atoms with Crippen LogP contribution in [0.3, 0.4) is 0 Å². The largest absolute Gasteiger partial charge is 0.457 e. The Morgan fingerprint density at radius 3 is 2.23 bits per heavy atom. The first-order valence-electron chi connectivity index (χ1n) is 11.4. The molecule has 1 unspecified atom stereocenters. The van der Waals surface area contributed by atoms with Crippen LogP contribution < -0.4 is 15.4 Å². The number of rotatable bonds is 12. The molecule has 0 saturated carbocycles. The van der Waals surface area contributed by atoms with Crippen LogP contribution in [0.4, 0.5) is 10.1 Å². The van der Waals surface area contributed by atoms with E-state index in [1.54, 1.807) is 30.3 Å². The highest BCUT2D eigenvalue weighted by Gasteiger charge is 2.21. The number of hydrogen-bond donors (Lipinski definition) is 2. The maximum Gasteiger partial charge on any atom is 0.249 e.